The van der Waals surface area contributed by atoms with Crippen LogP contribution in [0.3, 0.4) is 0 Å². The quantitative estimate of drug-likeness (QED) is 0.223. The fourth-order valence-corrected chi connectivity index (χ4v) is 0. The molecule has 16 heavy (non-hydrogen) atoms. The van der Waals surface area contributed by atoms with Crippen molar-refractivity contribution in [3.8, 4) is 0 Å². The summed E-state index contributed by atoms with van der Waals surface area (Å²) in [5.41, 5.74) is 0. The van der Waals surface area contributed by atoms with E-state index in [9.17, 15) is 0 Å². The molecule has 8 N–H and O–H groups in total. The van der Waals surface area contributed by atoms with Crippen molar-refractivity contribution >= 4 is 20.8 Å². The minimum atomic E-state index is -5.17. The zero-order valence-corrected chi connectivity index (χ0v) is 10.8. The fraction of sp³-hybridized carbons (Fsp3) is 0. The van der Waals surface area contributed by atoms with Crippen molar-refractivity contribution in [3.05, 3.63) is 0 Å². The number of hydrogen-bond acceptors (Lipinski definition) is 8. The topological polar surface area (TPSA) is 287 Å². The summed E-state index contributed by atoms with van der Waals surface area (Å²) >= 11 is 0. The largest absolute Gasteiger partial charge is 2.00 e. The predicted octanol–water partition coefficient (Wildman–Crippen LogP) is -5.98. The monoisotopic (exact) mass is 374 g/mol. The van der Waals surface area contributed by atoms with E-state index in [2.05, 4.69) is 0 Å². The Morgan fingerprint density at radius 2 is 0.500 bits per heavy atom. The molecule has 0 atom stereocenters. The van der Waals surface area contributed by atoms with Crippen LogP contribution in [0.4, 0.5) is 0 Å². The molecule has 0 bridgehead atoms. The van der Waals surface area contributed by atoms with Gasteiger partial charge in [-0.05, 0) is 0 Å². The van der Waals surface area contributed by atoms with Crippen molar-refractivity contribution in [2.45, 2.75) is 0 Å². The second kappa shape index (κ2) is 21.0. The van der Waals surface area contributed by atoms with Gasteiger partial charge in [-0.25, -0.2) is 0 Å². The fourth-order valence-electron chi connectivity index (χ4n) is 0. The molecule has 0 aromatic carbocycles. The number of hydrogen-bond donors (Lipinski definition) is 0. The van der Waals surface area contributed by atoms with Gasteiger partial charge in [0.2, 0.25) is 0 Å². The van der Waals surface area contributed by atoms with Crippen LogP contribution in [0.15, 0.2) is 0 Å². The molecule has 0 saturated carbocycles. The first-order chi connectivity index (χ1) is 4.00. The van der Waals surface area contributed by atoms with Gasteiger partial charge in [0, 0.05) is 20.8 Å². The summed E-state index contributed by atoms with van der Waals surface area (Å²) in [4.78, 5) is 0. The Labute approximate surface area is 112 Å². The van der Waals surface area contributed by atoms with Gasteiger partial charge in [0.15, 0.2) is 0 Å². The molecule has 0 fully saturated rings. The summed E-state index contributed by atoms with van der Waals surface area (Å²) in [6.45, 7) is 0. The molecule has 0 spiro atoms. The van der Waals surface area contributed by atoms with E-state index in [0.717, 1.165) is 0 Å². The number of rotatable bonds is 0. The average molecular weight is 374 g/mol. The van der Waals surface area contributed by atoms with Gasteiger partial charge in [0.1, 0.15) is 0 Å². The van der Waals surface area contributed by atoms with Gasteiger partial charge in [-0.15, -0.1) is 0 Å². The van der Waals surface area contributed by atoms with E-state index in [0.29, 0.717) is 0 Å². The van der Waals surface area contributed by atoms with Gasteiger partial charge in [-0.1, -0.05) is 0 Å². The van der Waals surface area contributed by atoms with Crippen molar-refractivity contribution in [3.63, 3.8) is 0 Å². The molecule has 0 unspecified atom stereocenters. The Balaban J connectivity index is -0.00000000970. The van der Waals surface area contributed by atoms with Crippen molar-refractivity contribution in [1.29, 1.82) is 0 Å². The van der Waals surface area contributed by atoms with Gasteiger partial charge in [0.25, 0.3) is 0 Å². The molecule has 0 aromatic heterocycles. The maximum atomic E-state index is 8.52. The molecular formula is H8Mn2O12S2. The van der Waals surface area contributed by atoms with Crippen LogP contribution in [0.5, 0.6) is 0 Å². The molecule has 16 heteroatoms. The molecule has 0 amide bonds. The molecule has 0 rings (SSSR count). The van der Waals surface area contributed by atoms with E-state index >= 15 is 0 Å². The molecule has 12 nitrogen and oxygen atoms in total. The normalized spacial score (nSPS) is 7.25. The Hall–Kier alpha value is 0.619. The summed E-state index contributed by atoms with van der Waals surface area (Å²) < 4.78 is 68.2. The zero-order valence-electron chi connectivity index (χ0n) is 6.84. The van der Waals surface area contributed by atoms with Crippen molar-refractivity contribution in [2.75, 3.05) is 0 Å². The first-order valence-corrected chi connectivity index (χ1v) is 4.00. The Kier molecular flexibility index (Phi) is 71.5. The zero-order chi connectivity index (χ0) is 9.00. The maximum Gasteiger partial charge on any atom is 2.00 e. The first kappa shape index (κ1) is 54.6. The second-order valence-corrected chi connectivity index (χ2v) is 2.45. The third-order valence-corrected chi connectivity index (χ3v) is 0. The van der Waals surface area contributed by atoms with Gasteiger partial charge >= 0.3 is 34.1 Å². The van der Waals surface area contributed by atoms with E-state index in [1.54, 1.807) is 0 Å². The van der Waals surface area contributed by atoms with Crippen molar-refractivity contribution < 1.29 is 91.1 Å². The van der Waals surface area contributed by atoms with Gasteiger partial charge < -0.3 is 40.1 Å². The van der Waals surface area contributed by atoms with E-state index in [-0.39, 0.29) is 56.0 Å². The second-order valence-electron chi connectivity index (χ2n) is 0.816. The van der Waals surface area contributed by atoms with Crippen LogP contribution in [-0.2, 0) is 54.9 Å². The van der Waals surface area contributed by atoms with E-state index in [1.165, 1.54) is 0 Å². The molecule has 0 saturated heterocycles. The minimum absolute atomic E-state index is 0. The van der Waals surface area contributed by atoms with Crippen LogP contribution in [0.25, 0.3) is 0 Å². The van der Waals surface area contributed by atoms with E-state index in [1.807, 2.05) is 0 Å². The van der Waals surface area contributed by atoms with Crippen LogP contribution >= 0.6 is 0 Å². The summed E-state index contributed by atoms with van der Waals surface area (Å²) in [5.74, 6) is 0. The van der Waals surface area contributed by atoms with Crippen LogP contribution < -0.4 is 0 Å². The summed E-state index contributed by atoms with van der Waals surface area (Å²) in [6, 6.07) is 0. The molecule has 0 heterocycles. The molecule has 0 aromatic rings. The molecule has 0 aliphatic rings. The van der Waals surface area contributed by atoms with Gasteiger partial charge in [-0.3, -0.25) is 16.8 Å². The molecule has 106 valence electrons. The SMILES string of the molecule is O.O.O.O.O=S(=O)([O-])[O-].O=S(=O)([O-])[O-].[Mn+2].[Mn+2]. The third-order valence-electron chi connectivity index (χ3n) is 0. The minimum Gasteiger partial charge on any atom is -0.759 e. The van der Waals surface area contributed by atoms with Crippen molar-refractivity contribution in [1.82, 2.24) is 0 Å². The molecule has 0 aliphatic carbocycles. The maximum absolute atomic E-state index is 8.52. The molecule has 2 radical (unpaired) electrons. The summed E-state index contributed by atoms with van der Waals surface area (Å²) in [5, 5.41) is 0. The van der Waals surface area contributed by atoms with E-state index in [4.69, 9.17) is 35.0 Å². The summed E-state index contributed by atoms with van der Waals surface area (Å²) in [7, 11) is -10.3. The van der Waals surface area contributed by atoms with Crippen LogP contribution in [0.1, 0.15) is 0 Å². The Morgan fingerprint density at radius 3 is 0.500 bits per heavy atom. The Morgan fingerprint density at radius 1 is 0.500 bits per heavy atom. The van der Waals surface area contributed by atoms with Crippen LogP contribution in [0, 0.1) is 0 Å². The third kappa shape index (κ3) is 7080. The molecule has 0 aliphatic heterocycles. The smallest absolute Gasteiger partial charge is 0.759 e. The van der Waals surface area contributed by atoms with Crippen LogP contribution in [-0.4, -0.2) is 57.0 Å². The van der Waals surface area contributed by atoms with Crippen LogP contribution in [0.2, 0.25) is 0 Å². The predicted molar refractivity (Wildman–Crippen MR) is 35.4 cm³/mol. The van der Waals surface area contributed by atoms with Crippen molar-refractivity contribution in [2.24, 2.45) is 0 Å². The summed E-state index contributed by atoms with van der Waals surface area (Å²) in [6.07, 6.45) is 0. The average Bonchev–Trinajstić information content (AvgIpc) is 1.12. The first-order valence-electron chi connectivity index (χ1n) is 1.33. The standard InChI is InChI=1S/2Mn.2H2O4S.4H2O/c;;2*1-5(2,3)4;;;;/h;;2*(H2,1,2,3,4);4*1H2/q2*+2;;;;;;/p-4. The Bertz CT molecular complexity index is 213. The molecular weight excluding hydrogens is 366 g/mol. The van der Waals surface area contributed by atoms with Gasteiger partial charge in [0.05, 0.1) is 0 Å². The van der Waals surface area contributed by atoms with E-state index < -0.39 is 20.8 Å². The van der Waals surface area contributed by atoms with Gasteiger partial charge in [-0.2, -0.15) is 0 Å².